The Labute approximate surface area is 118 Å². The summed E-state index contributed by atoms with van der Waals surface area (Å²) in [6.07, 6.45) is 1.76. The van der Waals surface area contributed by atoms with E-state index in [0.717, 1.165) is 12.8 Å². The lowest BCUT2D eigenvalue weighted by Crippen LogP contribution is -2.36. The predicted octanol–water partition coefficient (Wildman–Crippen LogP) is 1.72. The average Bonchev–Trinajstić information content (AvgIpc) is 3.17. The standard InChI is InChI=1S/C12H17ClN2O3S/c1-18-7-6-15(10-3-4-10)19(16,17)12-8-9(13)2-5-11(12)14/h2,5,8,10H,3-4,6-7,14H2,1H3. The van der Waals surface area contributed by atoms with Crippen molar-refractivity contribution >= 4 is 27.3 Å². The highest BCUT2D eigenvalue weighted by molar-refractivity contribution is 7.89. The molecule has 0 amide bonds. The minimum absolute atomic E-state index is 0.0542. The number of nitrogen functional groups attached to an aromatic ring is 1. The van der Waals surface area contributed by atoms with Gasteiger partial charge in [-0.15, -0.1) is 0 Å². The van der Waals surface area contributed by atoms with E-state index >= 15 is 0 Å². The van der Waals surface area contributed by atoms with E-state index in [-0.39, 0.29) is 16.6 Å². The summed E-state index contributed by atoms with van der Waals surface area (Å²) in [4.78, 5) is 0.0722. The Balaban J connectivity index is 2.35. The van der Waals surface area contributed by atoms with E-state index in [0.29, 0.717) is 18.2 Å². The molecule has 0 aromatic heterocycles. The SMILES string of the molecule is COCCN(C1CC1)S(=O)(=O)c1cc(Cl)ccc1N. The summed E-state index contributed by atoms with van der Waals surface area (Å²) in [5.74, 6) is 0. The topological polar surface area (TPSA) is 72.6 Å². The number of halogens is 1. The van der Waals surface area contributed by atoms with Gasteiger partial charge >= 0.3 is 0 Å². The molecule has 1 aromatic rings. The molecule has 7 heteroatoms. The molecular formula is C12H17ClN2O3S. The number of nitrogens with two attached hydrogens (primary N) is 1. The quantitative estimate of drug-likeness (QED) is 0.812. The van der Waals surface area contributed by atoms with Crippen LogP contribution in [0.25, 0.3) is 0 Å². The second kappa shape index (κ2) is 5.66. The molecule has 0 spiro atoms. The Bertz CT molecular complexity index is 558. The third-order valence-electron chi connectivity index (χ3n) is 3.03. The van der Waals surface area contributed by atoms with Gasteiger partial charge in [0.05, 0.1) is 12.3 Å². The van der Waals surface area contributed by atoms with Crippen molar-refractivity contribution in [2.45, 2.75) is 23.8 Å². The molecule has 0 atom stereocenters. The van der Waals surface area contributed by atoms with Crippen LogP contribution in [0, 0.1) is 0 Å². The van der Waals surface area contributed by atoms with Gasteiger partial charge in [0.15, 0.2) is 0 Å². The zero-order valence-electron chi connectivity index (χ0n) is 10.7. The molecule has 5 nitrogen and oxygen atoms in total. The lowest BCUT2D eigenvalue weighted by atomic mass is 10.3. The molecule has 1 aliphatic carbocycles. The van der Waals surface area contributed by atoms with E-state index in [1.165, 1.54) is 16.4 Å². The van der Waals surface area contributed by atoms with Gasteiger partial charge in [-0.1, -0.05) is 11.6 Å². The summed E-state index contributed by atoms with van der Waals surface area (Å²) < 4.78 is 31.7. The van der Waals surface area contributed by atoms with Gasteiger partial charge in [0, 0.05) is 24.7 Å². The Morgan fingerprint density at radius 2 is 2.16 bits per heavy atom. The van der Waals surface area contributed by atoms with Crippen LogP contribution in [0.3, 0.4) is 0 Å². The van der Waals surface area contributed by atoms with E-state index in [4.69, 9.17) is 22.1 Å². The fourth-order valence-corrected chi connectivity index (χ4v) is 3.95. The van der Waals surface area contributed by atoms with E-state index in [1.807, 2.05) is 0 Å². The highest BCUT2D eigenvalue weighted by Crippen LogP contribution is 2.34. The van der Waals surface area contributed by atoms with Crippen molar-refractivity contribution in [1.29, 1.82) is 0 Å². The number of nitrogens with zero attached hydrogens (tertiary/aromatic N) is 1. The van der Waals surface area contributed by atoms with Gasteiger partial charge < -0.3 is 10.5 Å². The van der Waals surface area contributed by atoms with Crippen LogP contribution >= 0.6 is 11.6 Å². The first-order chi connectivity index (χ1) is 8.96. The van der Waals surface area contributed by atoms with Gasteiger partial charge in [-0.2, -0.15) is 4.31 Å². The summed E-state index contributed by atoms with van der Waals surface area (Å²) in [5.41, 5.74) is 5.98. The fourth-order valence-electron chi connectivity index (χ4n) is 1.90. The number of hydrogen-bond donors (Lipinski definition) is 1. The van der Waals surface area contributed by atoms with E-state index in [1.54, 1.807) is 13.2 Å². The summed E-state index contributed by atoms with van der Waals surface area (Å²) in [6, 6.07) is 4.54. The second-order valence-corrected chi connectivity index (χ2v) is 6.82. The minimum Gasteiger partial charge on any atom is -0.398 e. The molecule has 19 heavy (non-hydrogen) atoms. The van der Waals surface area contributed by atoms with Crippen molar-refractivity contribution in [2.75, 3.05) is 26.0 Å². The Morgan fingerprint density at radius 1 is 1.47 bits per heavy atom. The average molecular weight is 305 g/mol. The normalized spacial score (nSPS) is 15.9. The third kappa shape index (κ3) is 3.20. The third-order valence-corrected chi connectivity index (χ3v) is 5.27. The molecule has 1 saturated carbocycles. The summed E-state index contributed by atoms with van der Waals surface area (Å²) in [7, 11) is -2.07. The van der Waals surface area contributed by atoms with E-state index in [9.17, 15) is 8.42 Å². The minimum atomic E-state index is -3.62. The molecule has 1 fully saturated rings. The van der Waals surface area contributed by atoms with Crippen molar-refractivity contribution in [3.63, 3.8) is 0 Å². The van der Waals surface area contributed by atoms with Crippen LogP contribution in [0.1, 0.15) is 12.8 Å². The number of benzene rings is 1. The van der Waals surface area contributed by atoms with Gasteiger partial charge in [-0.3, -0.25) is 0 Å². The van der Waals surface area contributed by atoms with Crippen LogP contribution in [-0.4, -0.2) is 39.0 Å². The summed E-state index contributed by atoms with van der Waals surface area (Å²) in [6.45, 7) is 0.686. The number of anilines is 1. The smallest absolute Gasteiger partial charge is 0.245 e. The highest BCUT2D eigenvalue weighted by atomic mass is 35.5. The molecule has 0 heterocycles. The number of ether oxygens (including phenoxy) is 1. The fraction of sp³-hybridized carbons (Fsp3) is 0.500. The van der Waals surface area contributed by atoms with Crippen LogP contribution in [0.2, 0.25) is 5.02 Å². The number of rotatable bonds is 6. The molecule has 0 unspecified atom stereocenters. The molecule has 1 aliphatic rings. The maximum atomic E-state index is 12.6. The van der Waals surface area contributed by atoms with Crippen LogP contribution in [-0.2, 0) is 14.8 Å². The van der Waals surface area contributed by atoms with Crippen molar-refractivity contribution in [3.05, 3.63) is 23.2 Å². The van der Waals surface area contributed by atoms with Gasteiger partial charge in [0.2, 0.25) is 10.0 Å². The van der Waals surface area contributed by atoms with Crippen molar-refractivity contribution in [3.8, 4) is 0 Å². The van der Waals surface area contributed by atoms with E-state index < -0.39 is 10.0 Å². The first kappa shape index (κ1) is 14.6. The second-order valence-electron chi connectivity index (χ2n) is 4.52. The maximum Gasteiger partial charge on any atom is 0.245 e. The van der Waals surface area contributed by atoms with E-state index in [2.05, 4.69) is 0 Å². The Kier molecular flexibility index (Phi) is 4.35. The lowest BCUT2D eigenvalue weighted by molar-refractivity contribution is 0.177. The lowest BCUT2D eigenvalue weighted by Gasteiger charge is -2.22. The molecular weight excluding hydrogens is 288 g/mol. The number of methoxy groups -OCH3 is 1. The summed E-state index contributed by atoms with van der Waals surface area (Å²) >= 11 is 5.86. The maximum absolute atomic E-state index is 12.6. The van der Waals surface area contributed by atoms with Gasteiger partial charge in [-0.25, -0.2) is 8.42 Å². The van der Waals surface area contributed by atoms with Gasteiger partial charge in [0.1, 0.15) is 4.90 Å². The molecule has 0 aliphatic heterocycles. The predicted molar refractivity (Wildman–Crippen MR) is 74.7 cm³/mol. The van der Waals surface area contributed by atoms with Crippen molar-refractivity contribution in [2.24, 2.45) is 0 Å². The largest absolute Gasteiger partial charge is 0.398 e. The molecule has 0 bridgehead atoms. The molecule has 2 rings (SSSR count). The van der Waals surface area contributed by atoms with Crippen molar-refractivity contribution < 1.29 is 13.2 Å². The van der Waals surface area contributed by atoms with Gasteiger partial charge in [-0.05, 0) is 31.0 Å². The molecule has 2 N–H and O–H groups in total. The van der Waals surface area contributed by atoms with Crippen LogP contribution < -0.4 is 5.73 Å². The number of sulfonamides is 1. The molecule has 106 valence electrons. The Hall–Kier alpha value is -0.820. The van der Waals surface area contributed by atoms with Crippen molar-refractivity contribution in [1.82, 2.24) is 4.31 Å². The van der Waals surface area contributed by atoms with Gasteiger partial charge in [0.25, 0.3) is 0 Å². The molecule has 0 saturated heterocycles. The number of hydrogen-bond acceptors (Lipinski definition) is 4. The first-order valence-corrected chi connectivity index (χ1v) is 7.84. The highest BCUT2D eigenvalue weighted by Gasteiger charge is 2.38. The summed E-state index contributed by atoms with van der Waals surface area (Å²) in [5, 5.41) is 0.357. The first-order valence-electron chi connectivity index (χ1n) is 6.02. The van der Waals surface area contributed by atoms with Crippen LogP contribution in [0.15, 0.2) is 23.1 Å². The molecule has 1 aromatic carbocycles. The Morgan fingerprint density at radius 3 is 2.74 bits per heavy atom. The monoisotopic (exact) mass is 304 g/mol. The zero-order chi connectivity index (χ0) is 14.0. The van der Waals surface area contributed by atoms with Crippen LogP contribution in [0.4, 0.5) is 5.69 Å². The zero-order valence-corrected chi connectivity index (χ0v) is 12.2. The molecule has 0 radical (unpaired) electrons. The van der Waals surface area contributed by atoms with Crippen LogP contribution in [0.5, 0.6) is 0 Å².